The number of aromatic hydroxyl groups is 1. The van der Waals surface area contributed by atoms with Gasteiger partial charge in [-0.3, -0.25) is 4.79 Å². The molecule has 0 aliphatic rings. The number of phenolic OH excluding ortho intramolecular Hbond substituents is 1. The van der Waals surface area contributed by atoms with Gasteiger partial charge < -0.3 is 9.52 Å². The predicted octanol–water partition coefficient (Wildman–Crippen LogP) is 2.60. The van der Waals surface area contributed by atoms with E-state index in [4.69, 9.17) is 16.0 Å². The first-order valence-corrected chi connectivity index (χ1v) is 3.95. The van der Waals surface area contributed by atoms with E-state index in [-0.39, 0.29) is 11.3 Å². The zero-order valence-electron chi connectivity index (χ0n) is 6.45. The second-order valence-electron chi connectivity index (χ2n) is 2.58. The number of furan rings is 1. The van der Waals surface area contributed by atoms with Crippen molar-refractivity contribution in [2.24, 2.45) is 0 Å². The highest BCUT2D eigenvalue weighted by molar-refractivity contribution is 6.35. The van der Waals surface area contributed by atoms with Gasteiger partial charge in [0.1, 0.15) is 5.75 Å². The Bertz CT molecular complexity index is 473. The van der Waals surface area contributed by atoms with Gasteiger partial charge >= 0.3 is 0 Å². The smallest absolute Gasteiger partial charge is 0.156 e. The van der Waals surface area contributed by atoms with E-state index in [1.807, 2.05) is 0 Å². The third kappa shape index (κ3) is 1.09. The number of fused-ring (bicyclic) bond motifs is 1. The number of carbonyl (C=O) groups excluding carboxylic acids is 1. The molecule has 0 unspecified atom stereocenters. The molecule has 0 saturated carbocycles. The van der Waals surface area contributed by atoms with E-state index in [1.54, 1.807) is 6.07 Å². The first-order valence-electron chi connectivity index (χ1n) is 3.58. The number of rotatable bonds is 1. The Balaban J connectivity index is 2.93. The SMILES string of the molecule is O=Cc1cc(Cl)c2occc2c1O. The molecule has 1 aromatic carbocycles. The van der Waals surface area contributed by atoms with E-state index in [0.717, 1.165) is 0 Å². The van der Waals surface area contributed by atoms with Crippen LogP contribution in [0.3, 0.4) is 0 Å². The zero-order chi connectivity index (χ0) is 9.42. The van der Waals surface area contributed by atoms with Crippen molar-refractivity contribution in [2.75, 3.05) is 0 Å². The third-order valence-corrected chi connectivity index (χ3v) is 2.10. The quantitative estimate of drug-likeness (QED) is 0.714. The second-order valence-corrected chi connectivity index (χ2v) is 2.98. The fraction of sp³-hybridized carbons (Fsp3) is 0. The van der Waals surface area contributed by atoms with Crippen LogP contribution in [0.5, 0.6) is 5.75 Å². The summed E-state index contributed by atoms with van der Waals surface area (Å²) in [6.45, 7) is 0. The molecular formula is C9H5ClO3. The summed E-state index contributed by atoms with van der Waals surface area (Å²) >= 11 is 5.79. The lowest BCUT2D eigenvalue weighted by atomic mass is 10.1. The van der Waals surface area contributed by atoms with Gasteiger partial charge in [-0.25, -0.2) is 0 Å². The first-order chi connectivity index (χ1) is 6.24. The van der Waals surface area contributed by atoms with Crippen LogP contribution in [-0.4, -0.2) is 11.4 Å². The van der Waals surface area contributed by atoms with E-state index in [9.17, 15) is 9.90 Å². The predicted molar refractivity (Wildman–Crippen MR) is 48.3 cm³/mol. The molecule has 1 N–H and O–H groups in total. The molecule has 2 rings (SSSR count). The molecule has 66 valence electrons. The van der Waals surface area contributed by atoms with Crippen LogP contribution in [0.4, 0.5) is 0 Å². The van der Waals surface area contributed by atoms with Crippen LogP contribution in [0, 0.1) is 0 Å². The fourth-order valence-electron chi connectivity index (χ4n) is 1.20. The maximum Gasteiger partial charge on any atom is 0.156 e. The lowest BCUT2D eigenvalue weighted by Crippen LogP contribution is -1.81. The maximum atomic E-state index is 10.5. The van der Waals surface area contributed by atoms with Crippen molar-refractivity contribution in [3.63, 3.8) is 0 Å². The molecule has 0 saturated heterocycles. The molecule has 3 nitrogen and oxygen atoms in total. The molecule has 1 heterocycles. The Hall–Kier alpha value is -1.48. The second kappa shape index (κ2) is 2.78. The normalized spacial score (nSPS) is 10.5. The molecule has 13 heavy (non-hydrogen) atoms. The van der Waals surface area contributed by atoms with Crippen molar-refractivity contribution in [2.45, 2.75) is 0 Å². The molecule has 0 aliphatic carbocycles. The monoisotopic (exact) mass is 196 g/mol. The lowest BCUT2D eigenvalue weighted by Gasteiger charge is -1.99. The van der Waals surface area contributed by atoms with Crippen LogP contribution in [-0.2, 0) is 0 Å². The minimum absolute atomic E-state index is 0.0943. The first kappa shape index (κ1) is 8.13. The molecule has 4 heteroatoms. The number of phenols is 1. The standard InChI is InChI=1S/C9H5ClO3/c10-7-3-5(4-11)8(12)6-1-2-13-9(6)7/h1-4,12H. The third-order valence-electron chi connectivity index (χ3n) is 1.82. The Morgan fingerprint density at radius 1 is 1.54 bits per heavy atom. The number of benzene rings is 1. The van der Waals surface area contributed by atoms with Crippen LogP contribution in [0.15, 0.2) is 22.8 Å². The van der Waals surface area contributed by atoms with Gasteiger partial charge in [0.2, 0.25) is 0 Å². The molecule has 0 amide bonds. The van der Waals surface area contributed by atoms with E-state index >= 15 is 0 Å². The summed E-state index contributed by atoms with van der Waals surface area (Å²) in [5.74, 6) is -0.0943. The van der Waals surface area contributed by atoms with Crippen LogP contribution in [0.2, 0.25) is 5.02 Å². The van der Waals surface area contributed by atoms with Gasteiger partial charge in [0.05, 0.1) is 22.2 Å². The summed E-state index contributed by atoms with van der Waals surface area (Å²) in [4.78, 5) is 10.5. The summed E-state index contributed by atoms with van der Waals surface area (Å²) < 4.78 is 5.02. The molecular weight excluding hydrogens is 192 g/mol. The number of aldehydes is 1. The topological polar surface area (TPSA) is 50.4 Å². The molecule has 2 aromatic rings. The number of halogens is 1. The van der Waals surface area contributed by atoms with Crippen molar-refractivity contribution in [1.29, 1.82) is 0 Å². The molecule has 0 bridgehead atoms. The van der Waals surface area contributed by atoms with Crippen LogP contribution in [0.1, 0.15) is 10.4 Å². The molecule has 0 aliphatic heterocycles. The van der Waals surface area contributed by atoms with Crippen molar-refractivity contribution < 1.29 is 14.3 Å². The summed E-state index contributed by atoms with van der Waals surface area (Å²) in [7, 11) is 0. The van der Waals surface area contributed by atoms with E-state index in [1.165, 1.54) is 12.3 Å². The highest BCUT2D eigenvalue weighted by Gasteiger charge is 2.11. The van der Waals surface area contributed by atoms with Gasteiger partial charge in [-0.05, 0) is 12.1 Å². The summed E-state index contributed by atoms with van der Waals surface area (Å²) in [6, 6.07) is 2.93. The van der Waals surface area contributed by atoms with Crippen molar-refractivity contribution >= 4 is 28.9 Å². The number of hydrogen-bond acceptors (Lipinski definition) is 3. The highest BCUT2D eigenvalue weighted by Crippen LogP contribution is 2.34. The summed E-state index contributed by atoms with van der Waals surface area (Å²) in [6.07, 6.45) is 1.96. The molecule has 0 fully saturated rings. The Morgan fingerprint density at radius 3 is 3.00 bits per heavy atom. The highest BCUT2D eigenvalue weighted by atomic mass is 35.5. The van der Waals surface area contributed by atoms with Crippen LogP contribution in [0.25, 0.3) is 11.0 Å². The largest absolute Gasteiger partial charge is 0.506 e. The van der Waals surface area contributed by atoms with Gasteiger partial charge in [-0.2, -0.15) is 0 Å². The van der Waals surface area contributed by atoms with E-state index in [2.05, 4.69) is 0 Å². The maximum absolute atomic E-state index is 10.5. The van der Waals surface area contributed by atoms with E-state index < -0.39 is 0 Å². The van der Waals surface area contributed by atoms with Gasteiger partial charge in [-0.1, -0.05) is 11.6 Å². The molecule has 1 aromatic heterocycles. The van der Waals surface area contributed by atoms with Crippen LogP contribution < -0.4 is 0 Å². The molecule has 0 radical (unpaired) electrons. The molecule has 0 spiro atoms. The van der Waals surface area contributed by atoms with Gasteiger partial charge in [0, 0.05) is 0 Å². The average molecular weight is 197 g/mol. The summed E-state index contributed by atoms with van der Waals surface area (Å²) in [5, 5.41) is 10.3. The van der Waals surface area contributed by atoms with Crippen molar-refractivity contribution in [1.82, 2.24) is 0 Å². The van der Waals surface area contributed by atoms with Crippen molar-refractivity contribution in [3.8, 4) is 5.75 Å². The van der Waals surface area contributed by atoms with Crippen LogP contribution >= 0.6 is 11.6 Å². The Morgan fingerprint density at radius 2 is 2.31 bits per heavy atom. The summed E-state index contributed by atoms with van der Waals surface area (Å²) in [5.41, 5.74) is 0.559. The van der Waals surface area contributed by atoms with E-state index in [0.29, 0.717) is 22.3 Å². The average Bonchev–Trinajstić information content (AvgIpc) is 2.60. The zero-order valence-corrected chi connectivity index (χ0v) is 7.21. The Kier molecular flexibility index (Phi) is 1.74. The number of hydrogen-bond donors (Lipinski definition) is 1. The van der Waals surface area contributed by atoms with Gasteiger partial charge in [-0.15, -0.1) is 0 Å². The van der Waals surface area contributed by atoms with Crippen molar-refractivity contribution in [3.05, 3.63) is 29.0 Å². The Labute approximate surface area is 78.5 Å². The minimum atomic E-state index is -0.0943. The number of carbonyl (C=O) groups is 1. The molecule has 0 atom stereocenters. The minimum Gasteiger partial charge on any atom is -0.506 e. The van der Waals surface area contributed by atoms with Gasteiger partial charge in [0.15, 0.2) is 11.9 Å². The lowest BCUT2D eigenvalue weighted by molar-refractivity contribution is 0.112. The van der Waals surface area contributed by atoms with Gasteiger partial charge in [0.25, 0.3) is 0 Å². The fourth-order valence-corrected chi connectivity index (χ4v) is 1.46.